The Bertz CT molecular complexity index is 437. The largest absolute Gasteiger partial charge is 0.341 e. The van der Waals surface area contributed by atoms with E-state index in [0.717, 1.165) is 44.9 Å². The first-order valence-corrected chi connectivity index (χ1v) is 9.60. The molecule has 1 fully saturated rings. The Balaban J connectivity index is 2.45. The Morgan fingerprint density at radius 3 is 2.62 bits per heavy atom. The third-order valence-electron chi connectivity index (χ3n) is 3.83. The van der Waals surface area contributed by atoms with Crippen LogP contribution in [-0.2, 0) is 14.8 Å². The Hall–Kier alpha value is -0.660. The van der Waals surface area contributed by atoms with E-state index >= 15 is 0 Å². The van der Waals surface area contributed by atoms with Crippen LogP contribution in [0.25, 0.3) is 0 Å². The minimum atomic E-state index is -3.22. The van der Waals surface area contributed by atoms with Gasteiger partial charge in [-0.3, -0.25) is 4.79 Å². The normalized spacial score (nSPS) is 22.9. The molecule has 124 valence electrons. The zero-order valence-corrected chi connectivity index (χ0v) is 14.2. The zero-order valence-electron chi connectivity index (χ0n) is 13.3. The van der Waals surface area contributed by atoms with E-state index in [1.165, 1.54) is 0 Å². The monoisotopic (exact) mass is 319 g/mol. The van der Waals surface area contributed by atoms with Crippen LogP contribution in [0.5, 0.6) is 0 Å². The number of amides is 1. The van der Waals surface area contributed by atoms with Crippen molar-refractivity contribution in [3.63, 3.8) is 0 Å². The smallest absolute Gasteiger partial charge is 0.225 e. The SMILES string of the molecule is CC(N)CCCC(C)C(=O)N1CCCC(NS(C)(=O)=O)C1. The molecule has 1 heterocycles. The van der Waals surface area contributed by atoms with Gasteiger partial charge in [0.15, 0.2) is 0 Å². The van der Waals surface area contributed by atoms with Crippen LogP contribution in [-0.4, -0.2) is 50.7 Å². The molecule has 6 nitrogen and oxygen atoms in total. The van der Waals surface area contributed by atoms with Crippen molar-refractivity contribution in [2.75, 3.05) is 19.3 Å². The second-order valence-corrected chi connectivity index (χ2v) is 8.10. The minimum absolute atomic E-state index is 0.0271. The molecule has 0 saturated carbocycles. The van der Waals surface area contributed by atoms with E-state index in [1.54, 1.807) is 4.90 Å². The Morgan fingerprint density at radius 2 is 2.05 bits per heavy atom. The topological polar surface area (TPSA) is 92.5 Å². The summed E-state index contributed by atoms with van der Waals surface area (Å²) in [6, 6.07) is 0.0135. The molecule has 0 bridgehead atoms. The van der Waals surface area contributed by atoms with Crippen LogP contribution in [0.4, 0.5) is 0 Å². The lowest BCUT2D eigenvalue weighted by atomic mass is 9.98. The van der Waals surface area contributed by atoms with Crippen LogP contribution >= 0.6 is 0 Å². The number of nitrogens with zero attached hydrogens (tertiary/aromatic N) is 1. The van der Waals surface area contributed by atoms with Gasteiger partial charge in [0.25, 0.3) is 0 Å². The molecule has 0 aliphatic carbocycles. The zero-order chi connectivity index (χ0) is 16.0. The van der Waals surface area contributed by atoms with E-state index in [2.05, 4.69) is 4.72 Å². The van der Waals surface area contributed by atoms with Gasteiger partial charge in [-0.05, 0) is 32.6 Å². The van der Waals surface area contributed by atoms with E-state index in [-0.39, 0.29) is 23.9 Å². The number of carbonyl (C=O) groups excluding carboxylic acids is 1. The predicted octanol–water partition coefficient (Wildman–Crippen LogP) is 0.680. The van der Waals surface area contributed by atoms with Gasteiger partial charge in [-0.1, -0.05) is 13.3 Å². The number of sulfonamides is 1. The predicted molar refractivity (Wildman–Crippen MR) is 84.2 cm³/mol. The van der Waals surface area contributed by atoms with Crippen molar-refractivity contribution in [2.24, 2.45) is 11.7 Å². The van der Waals surface area contributed by atoms with Gasteiger partial charge in [0.1, 0.15) is 0 Å². The van der Waals surface area contributed by atoms with Gasteiger partial charge in [0.05, 0.1) is 6.26 Å². The van der Waals surface area contributed by atoms with Crippen LogP contribution in [0, 0.1) is 5.92 Å². The number of nitrogens with two attached hydrogens (primary N) is 1. The molecule has 1 amide bonds. The van der Waals surface area contributed by atoms with E-state index in [0.29, 0.717) is 6.54 Å². The van der Waals surface area contributed by atoms with Crippen molar-refractivity contribution in [1.82, 2.24) is 9.62 Å². The highest BCUT2D eigenvalue weighted by molar-refractivity contribution is 7.88. The maximum Gasteiger partial charge on any atom is 0.225 e. The second kappa shape index (κ2) is 8.10. The number of carbonyl (C=O) groups is 1. The molecule has 0 radical (unpaired) electrons. The molecule has 0 aromatic rings. The number of piperidine rings is 1. The van der Waals surface area contributed by atoms with E-state index in [4.69, 9.17) is 5.73 Å². The van der Waals surface area contributed by atoms with Gasteiger partial charge < -0.3 is 10.6 Å². The highest BCUT2D eigenvalue weighted by Crippen LogP contribution is 2.17. The Labute approximate surface area is 128 Å². The lowest BCUT2D eigenvalue weighted by Crippen LogP contribution is -2.50. The molecule has 7 heteroatoms. The Morgan fingerprint density at radius 1 is 1.38 bits per heavy atom. The lowest BCUT2D eigenvalue weighted by Gasteiger charge is -2.34. The van der Waals surface area contributed by atoms with E-state index in [9.17, 15) is 13.2 Å². The third kappa shape index (κ3) is 7.24. The highest BCUT2D eigenvalue weighted by atomic mass is 32.2. The first-order chi connectivity index (χ1) is 9.69. The molecule has 0 aromatic carbocycles. The summed E-state index contributed by atoms with van der Waals surface area (Å²) in [5.41, 5.74) is 5.71. The summed E-state index contributed by atoms with van der Waals surface area (Å²) in [6.45, 7) is 5.11. The van der Waals surface area contributed by atoms with Gasteiger partial charge >= 0.3 is 0 Å². The molecule has 3 N–H and O–H groups in total. The number of hydrogen-bond donors (Lipinski definition) is 2. The summed E-state index contributed by atoms with van der Waals surface area (Å²) in [7, 11) is -3.22. The molecule has 0 aromatic heterocycles. The lowest BCUT2D eigenvalue weighted by molar-refractivity contribution is -0.136. The molecule has 0 spiro atoms. The van der Waals surface area contributed by atoms with E-state index < -0.39 is 10.0 Å². The molecule has 1 saturated heterocycles. The van der Waals surface area contributed by atoms with Gasteiger partial charge in [-0.2, -0.15) is 0 Å². The first kappa shape index (κ1) is 18.4. The molecular weight excluding hydrogens is 290 g/mol. The summed E-state index contributed by atoms with van der Waals surface area (Å²) in [6.07, 6.45) is 5.49. The van der Waals surface area contributed by atoms with Gasteiger partial charge in [0.2, 0.25) is 15.9 Å². The van der Waals surface area contributed by atoms with Crippen molar-refractivity contribution in [3.05, 3.63) is 0 Å². The maximum atomic E-state index is 12.4. The van der Waals surface area contributed by atoms with Crippen LogP contribution in [0.2, 0.25) is 0 Å². The van der Waals surface area contributed by atoms with Crippen molar-refractivity contribution in [2.45, 2.75) is 58.0 Å². The fourth-order valence-corrected chi connectivity index (χ4v) is 3.56. The summed E-state index contributed by atoms with van der Waals surface area (Å²) in [5, 5.41) is 0. The first-order valence-electron chi connectivity index (χ1n) is 7.70. The molecule has 21 heavy (non-hydrogen) atoms. The van der Waals surface area contributed by atoms with Crippen LogP contribution in [0.1, 0.15) is 46.0 Å². The summed E-state index contributed by atoms with van der Waals surface area (Å²) in [4.78, 5) is 14.2. The molecule has 1 rings (SSSR count). The second-order valence-electron chi connectivity index (χ2n) is 6.32. The number of likely N-dealkylation sites (tertiary alicyclic amines) is 1. The average molecular weight is 319 g/mol. The van der Waals surface area contributed by atoms with Crippen LogP contribution in [0.3, 0.4) is 0 Å². The minimum Gasteiger partial charge on any atom is -0.341 e. The average Bonchev–Trinajstić information content (AvgIpc) is 2.35. The van der Waals surface area contributed by atoms with Crippen molar-refractivity contribution >= 4 is 15.9 Å². The molecule has 3 unspecified atom stereocenters. The fourth-order valence-electron chi connectivity index (χ4n) is 2.76. The fraction of sp³-hybridized carbons (Fsp3) is 0.929. The van der Waals surface area contributed by atoms with E-state index in [1.807, 2.05) is 13.8 Å². The van der Waals surface area contributed by atoms with Crippen molar-refractivity contribution < 1.29 is 13.2 Å². The molecule has 1 aliphatic heterocycles. The van der Waals surface area contributed by atoms with Gasteiger partial charge in [-0.25, -0.2) is 13.1 Å². The summed E-state index contributed by atoms with van der Waals surface area (Å²) >= 11 is 0. The van der Waals surface area contributed by atoms with Gasteiger partial charge in [0, 0.05) is 31.1 Å². The maximum absolute atomic E-state index is 12.4. The molecule has 1 aliphatic rings. The Kier molecular flexibility index (Phi) is 7.09. The summed E-state index contributed by atoms with van der Waals surface area (Å²) < 4.78 is 25.2. The summed E-state index contributed by atoms with van der Waals surface area (Å²) in [5.74, 6) is 0.0976. The number of nitrogens with one attached hydrogen (secondary N) is 1. The molecular formula is C14H29N3O3S. The standard InChI is InChI=1S/C14H29N3O3S/c1-11(6-4-7-12(2)15)14(18)17-9-5-8-13(10-17)16-21(3,19)20/h11-13,16H,4-10,15H2,1-3H3. The van der Waals surface area contributed by atoms with Crippen molar-refractivity contribution in [3.8, 4) is 0 Å². The molecule has 3 atom stereocenters. The van der Waals surface area contributed by atoms with Crippen LogP contribution in [0.15, 0.2) is 0 Å². The highest BCUT2D eigenvalue weighted by Gasteiger charge is 2.27. The van der Waals surface area contributed by atoms with Gasteiger partial charge in [-0.15, -0.1) is 0 Å². The third-order valence-corrected chi connectivity index (χ3v) is 4.59. The number of hydrogen-bond acceptors (Lipinski definition) is 4. The van der Waals surface area contributed by atoms with Crippen molar-refractivity contribution in [1.29, 1.82) is 0 Å². The quantitative estimate of drug-likeness (QED) is 0.722. The van der Waals surface area contributed by atoms with Crippen LogP contribution < -0.4 is 10.5 Å². The number of rotatable bonds is 7.